The SMILES string of the molecule is Brc1ccc(NCc2ccnc(OCc3ccccc3)c2)nc1. The van der Waals surface area contributed by atoms with Crippen LogP contribution < -0.4 is 10.1 Å². The summed E-state index contributed by atoms with van der Waals surface area (Å²) < 4.78 is 6.70. The van der Waals surface area contributed by atoms with E-state index in [0.29, 0.717) is 19.0 Å². The van der Waals surface area contributed by atoms with Crippen LogP contribution in [0, 0.1) is 0 Å². The summed E-state index contributed by atoms with van der Waals surface area (Å²) in [6.45, 7) is 1.18. The standard InChI is InChI=1S/C18H16BrN3O/c19-16-6-7-17(22-12-16)21-11-15-8-9-20-18(10-15)23-13-14-4-2-1-3-5-14/h1-10,12H,11,13H2,(H,21,22). The third-order valence-electron chi connectivity index (χ3n) is 3.23. The molecule has 0 fully saturated rings. The molecule has 0 atom stereocenters. The fourth-order valence-corrected chi connectivity index (χ4v) is 2.28. The van der Waals surface area contributed by atoms with Gasteiger partial charge < -0.3 is 10.1 Å². The lowest BCUT2D eigenvalue weighted by atomic mass is 10.2. The molecule has 0 unspecified atom stereocenters. The maximum atomic E-state index is 5.74. The number of hydrogen-bond acceptors (Lipinski definition) is 4. The van der Waals surface area contributed by atoms with Crippen molar-refractivity contribution in [3.8, 4) is 5.88 Å². The van der Waals surface area contributed by atoms with Gasteiger partial charge in [-0.2, -0.15) is 0 Å². The van der Waals surface area contributed by atoms with Gasteiger partial charge in [-0.15, -0.1) is 0 Å². The Morgan fingerprint density at radius 3 is 2.61 bits per heavy atom. The fraction of sp³-hybridized carbons (Fsp3) is 0.111. The third-order valence-corrected chi connectivity index (χ3v) is 3.70. The molecule has 1 N–H and O–H groups in total. The molecule has 0 aliphatic rings. The molecule has 2 aromatic heterocycles. The first-order valence-corrected chi connectivity index (χ1v) is 8.06. The summed E-state index contributed by atoms with van der Waals surface area (Å²) in [6, 6.07) is 17.8. The summed E-state index contributed by atoms with van der Waals surface area (Å²) >= 11 is 3.37. The van der Waals surface area contributed by atoms with Crippen LogP contribution in [0.1, 0.15) is 11.1 Å². The second-order valence-corrected chi connectivity index (χ2v) is 5.91. The molecule has 0 radical (unpaired) electrons. The quantitative estimate of drug-likeness (QED) is 0.697. The second-order valence-electron chi connectivity index (χ2n) is 4.99. The van der Waals surface area contributed by atoms with Gasteiger partial charge in [0.15, 0.2) is 0 Å². The van der Waals surface area contributed by atoms with E-state index in [1.807, 2.05) is 54.6 Å². The molecule has 5 heteroatoms. The highest BCUT2D eigenvalue weighted by molar-refractivity contribution is 9.10. The van der Waals surface area contributed by atoms with E-state index in [2.05, 4.69) is 31.2 Å². The molecule has 0 amide bonds. The Hall–Kier alpha value is -2.40. The van der Waals surface area contributed by atoms with Crippen LogP contribution >= 0.6 is 15.9 Å². The zero-order valence-electron chi connectivity index (χ0n) is 12.4. The number of aromatic nitrogens is 2. The van der Waals surface area contributed by atoms with Crippen LogP contribution in [0.3, 0.4) is 0 Å². The van der Waals surface area contributed by atoms with Crippen LogP contribution in [0.5, 0.6) is 5.88 Å². The number of halogens is 1. The molecule has 3 aromatic rings. The van der Waals surface area contributed by atoms with Gasteiger partial charge in [-0.3, -0.25) is 0 Å². The first-order valence-electron chi connectivity index (χ1n) is 7.27. The van der Waals surface area contributed by atoms with E-state index < -0.39 is 0 Å². The van der Waals surface area contributed by atoms with Crippen molar-refractivity contribution in [2.24, 2.45) is 0 Å². The van der Waals surface area contributed by atoms with Crippen LogP contribution in [0.15, 0.2) is 71.5 Å². The number of nitrogens with zero attached hydrogens (tertiary/aromatic N) is 2. The number of anilines is 1. The summed E-state index contributed by atoms with van der Waals surface area (Å²) in [4.78, 5) is 8.54. The maximum absolute atomic E-state index is 5.74. The van der Waals surface area contributed by atoms with Crippen molar-refractivity contribution in [2.75, 3.05) is 5.32 Å². The van der Waals surface area contributed by atoms with Gasteiger partial charge in [0, 0.05) is 29.5 Å². The molecular weight excluding hydrogens is 354 g/mol. The summed E-state index contributed by atoms with van der Waals surface area (Å²) in [5.41, 5.74) is 2.21. The molecule has 3 rings (SSSR count). The maximum Gasteiger partial charge on any atom is 0.213 e. The summed E-state index contributed by atoms with van der Waals surface area (Å²) in [7, 11) is 0. The number of rotatable bonds is 6. The van der Waals surface area contributed by atoms with E-state index in [0.717, 1.165) is 21.4 Å². The lowest BCUT2D eigenvalue weighted by Crippen LogP contribution is -2.02. The van der Waals surface area contributed by atoms with E-state index in [4.69, 9.17) is 4.74 Å². The minimum absolute atomic E-state index is 0.513. The van der Waals surface area contributed by atoms with Gasteiger partial charge in [0.05, 0.1) is 0 Å². The van der Waals surface area contributed by atoms with E-state index in [9.17, 15) is 0 Å². The van der Waals surface area contributed by atoms with Crippen LogP contribution in [-0.2, 0) is 13.2 Å². The third kappa shape index (κ3) is 4.79. The van der Waals surface area contributed by atoms with E-state index in [1.165, 1.54) is 0 Å². The first kappa shape index (κ1) is 15.5. The van der Waals surface area contributed by atoms with Crippen LogP contribution in [-0.4, -0.2) is 9.97 Å². The highest BCUT2D eigenvalue weighted by Gasteiger charge is 2.01. The fourth-order valence-electron chi connectivity index (χ4n) is 2.04. The molecule has 0 saturated heterocycles. The minimum atomic E-state index is 0.513. The minimum Gasteiger partial charge on any atom is -0.473 e. The van der Waals surface area contributed by atoms with Crippen molar-refractivity contribution in [3.05, 3.63) is 82.6 Å². The number of nitrogens with one attached hydrogen (secondary N) is 1. The Morgan fingerprint density at radius 2 is 1.83 bits per heavy atom. The number of hydrogen-bond donors (Lipinski definition) is 1. The Kier molecular flexibility index (Phi) is 5.21. The summed E-state index contributed by atoms with van der Waals surface area (Å²) in [5, 5.41) is 3.27. The molecule has 0 aliphatic heterocycles. The Morgan fingerprint density at radius 1 is 0.957 bits per heavy atom. The number of ether oxygens (including phenoxy) is 1. The van der Waals surface area contributed by atoms with Crippen molar-refractivity contribution in [2.45, 2.75) is 13.2 Å². The van der Waals surface area contributed by atoms with Gasteiger partial charge in [0.25, 0.3) is 0 Å². The molecular formula is C18H16BrN3O. The molecule has 0 bridgehead atoms. The van der Waals surface area contributed by atoms with Crippen molar-refractivity contribution < 1.29 is 4.74 Å². The van der Waals surface area contributed by atoms with Gasteiger partial charge >= 0.3 is 0 Å². The topological polar surface area (TPSA) is 47.0 Å². The first-order chi connectivity index (χ1) is 11.3. The average molecular weight is 370 g/mol. The molecule has 4 nitrogen and oxygen atoms in total. The average Bonchev–Trinajstić information content (AvgIpc) is 2.61. The van der Waals surface area contributed by atoms with Crippen molar-refractivity contribution in [1.29, 1.82) is 0 Å². The van der Waals surface area contributed by atoms with E-state index >= 15 is 0 Å². The highest BCUT2D eigenvalue weighted by atomic mass is 79.9. The predicted molar refractivity (Wildman–Crippen MR) is 94.3 cm³/mol. The smallest absolute Gasteiger partial charge is 0.213 e. The van der Waals surface area contributed by atoms with E-state index in [1.54, 1.807) is 12.4 Å². The van der Waals surface area contributed by atoms with Crippen molar-refractivity contribution in [3.63, 3.8) is 0 Å². The normalized spacial score (nSPS) is 10.3. The van der Waals surface area contributed by atoms with Gasteiger partial charge in [-0.25, -0.2) is 9.97 Å². The van der Waals surface area contributed by atoms with Crippen LogP contribution in [0.4, 0.5) is 5.82 Å². The lowest BCUT2D eigenvalue weighted by molar-refractivity contribution is 0.293. The number of benzene rings is 1. The largest absolute Gasteiger partial charge is 0.473 e. The number of pyridine rings is 2. The second kappa shape index (κ2) is 7.74. The van der Waals surface area contributed by atoms with Gasteiger partial charge in [-0.05, 0) is 45.3 Å². The zero-order chi connectivity index (χ0) is 15.9. The summed E-state index contributed by atoms with van der Waals surface area (Å²) in [5.74, 6) is 1.45. The molecule has 0 aliphatic carbocycles. The van der Waals surface area contributed by atoms with Crippen molar-refractivity contribution in [1.82, 2.24) is 9.97 Å². The molecule has 0 spiro atoms. The molecule has 2 heterocycles. The molecule has 0 saturated carbocycles. The molecule has 1 aromatic carbocycles. The van der Waals surface area contributed by atoms with Gasteiger partial charge in [0.2, 0.25) is 5.88 Å². The van der Waals surface area contributed by atoms with Crippen molar-refractivity contribution >= 4 is 21.7 Å². The Bertz CT molecular complexity index is 748. The summed E-state index contributed by atoms with van der Waals surface area (Å²) in [6.07, 6.45) is 3.52. The van der Waals surface area contributed by atoms with Gasteiger partial charge in [-0.1, -0.05) is 30.3 Å². The van der Waals surface area contributed by atoms with E-state index in [-0.39, 0.29) is 0 Å². The highest BCUT2D eigenvalue weighted by Crippen LogP contribution is 2.14. The molecule has 23 heavy (non-hydrogen) atoms. The van der Waals surface area contributed by atoms with Gasteiger partial charge in [0.1, 0.15) is 12.4 Å². The zero-order valence-corrected chi connectivity index (χ0v) is 14.0. The lowest BCUT2D eigenvalue weighted by Gasteiger charge is -2.08. The Labute approximate surface area is 143 Å². The van der Waals surface area contributed by atoms with Crippen LogP contribution in [0.2, 0.25) is 0 Å². The predicted octanol–water partition coefficient (Wildman–Crippen LogP) is 4.43. The van der Waals surface area contributed by atoms with Crippen LogP contribution in [0.25, 0.3) is 0 Å². The Balaban J connectivity index is 1.57. The monoisotopic (exact) mass is 369 g/mol. The molecule has 116 valence electrons.